The summed E-state index contributed by atoms with van der Waals surface area (Å²) in [6.07, 6.45) is 3.41. The molecule has 1 aromatic heterocycles. The van der Waals surface area contributed by atoms with Crippen LogP contribution in [0.4, 0.5) is 5.82 Å². The predicted molar refractivity (Wildman–Crippen MR) is 150 cm³/mol. The maximum absolute atomic E-state index is 13.7. The molecular formula is C29H37N7O4. The molecule has 1 aliphatic carbocycles. The molecule has 2 fully saturated rings. The van der Waals surface area contributed by atoms with Crippen molar-refractivity contribution in [3.63, 3.8) is 0 Å². The van der Waals surface area contributed by atoms with Crippen molar-refractivity contribution >= 4 is 24.0 Å². The van der Waals surface area contributed by atoms with E-state index in [1.54, 1.807) is 6.07 Å². The SMILES string of the molecule is CC.CC12COC(c3ccc4c(c3)CCOC4=O)CN1CCN(C(=O)C1CCc3nc(N=CN=NN)ccc31)C2. The number of esters is 1. The highest BCUT2D eigenvalue weighted by molar-refractivity contribution is 5.92. The van der Waals surface area contributed by atoms with Crippen molar-refractivity contribution in [2.75, 3.05) is 39.4 Å². The number of rotatable bonds is 4. The quantitative estimate of drug-likeness (QED) is 0.155. The van der Waals surface area contributed by atoms with Gasteiger partial charge >= 0.3 is 5.97 Å². The number of cyclic esters (lactones) is 1. The van der Waals surface area contributed by atoms with Crippen molar-refractivity contribution in [3.05, 3.63) is 58.3 Å². The molecule has 4 heterocycles. The molecule has 3 atom stereocenters. The molecule has 0 spiro atoms. The zero-order valence-corrected chi connectivity index (χ0v) is 23.4. The average Bonchev–Trinajstić information content (AvgIpc) is 3.40. The molecular weight excluding hydrogens is 510 g/mol. The van der Waals surface area contributed by atoms with Crippen molar-refractivity contribution in [2.24, 2.45) is 21.2 Å². The number of aryl methyl sites for hydroxylation is 1. The molecule has 2 saturated heterocycles. The van der Waals surface area contributed by atoms with Gasteiger partial charge in [-0.3, -0.25) is 9.69 Å². The maximum Gasteiger partial charge on any atom is 0.338 e. The fourth-order valence-corrected chi connectivity index (χ4v) is 6.14. The Morgan fingerprint density at radius 2 is 2.05 bits per heavy atom. The van der Waals surface area contributed by atoms with Crippen LogP contribution in [0.3, 0.4) is 0 Å². The lowest BCUT2D eigenvalue weighted by Crippen LogP contribution is -2.67. The van der Waals surface area contributed by atoms with Crippen LogP contribution in [0.1, 0.15) is 72.0 Å². The van der Waals surface area contributed by atoms with Gasteiger partial charge in [-0.15, -0.1) is 5.11 Å². The molecule has 4 aliphatic rings. The summed E-state index contributed by atoms with van der Waals surface area (Å²) in [4.78, 5) is 38.8. The number of ether oxygens (including phenoxy) is 2. The second-order valence-corrected chi connectivity index (χ2v) is 10.6. The van der Waals surface area contributed by atoms with Crippen LogP contribution in [0.2, 0.25) is 0 Å². The first-order chi connectivity index (χ1) is 19.4. The van der Waals surface area contributed by atoms with Crippen LogP contribution in [-0.4, -0.2) is 77.9 Å². The summed E-state index contributed by atoms with van der Waals surface area (Å²) in [6.45, 7) is 9.99. The van der Waals surface area contributed by atoms with E-state index in [1.807, 2.05) is 36.9 Å². The van der Waals surface area contributed by atoms with Crippen LogP contribution < -0.4 is 5.84 Å². The molecule has 3 unspecified atom stereocenters. The topological polar surface area (TPSA) is 135 Å². The molecule has 212 valence electrons. The summed E-state index contributed by atoms with van der Waals surface area (Å²) in [6, 6.07) is 9.67. The van der Waals surface area contributed by atoms with E-state index >= 15 is 0 Å². The number of aliphatic imine (C=N–C) groups is 1. The van der Waals surface area contributed by atoms with Crippen LogP contribution in [0.15, 0.2) is 45.7 Å². The summed E-state index contributed by atoms with van der Waals surface area (Å²) in [7, 11) is 0. The Balaban J connectivity index is 0.00000158. The van der Waals surface area contributed by atoms with E-state index in [1.165, 1.54) is 6.34 Å². The Bertz CT molecular complexity index is 1330. The number of hydrogen-bond acceptors (Lipinski definition) is 8. The molecule has 2 N–H and O–H groups in total. The lowest BCUT2D eigenvalue weighted by molar-refractivity contribution is -0.155. The van der Waals surface area contributed by atoms with Gasteiger partial charge in [-0.2, -0.15) is 0 Å². The zero-order valence-electron chi connectivity index (χ0n) is 23.4. The van der Waals surface area contributed by atoms with Crippen molar-refractivity contribution in [3.8, 4) is 0 Å². The van der Waals surface area contributed by atoms with E-state index in [-0.39, 0.29) is 29.4 Å². The van der Waals surface area contributed by atoms with Crippen molar-refractivity contribution < 1.29 is 19.1 Å². The molecule has 3 aliphatic heterocycles. The minimum Gasteiger partial charge on any atom is -0.462 e. The van der Waals surface area contributed by atoms with Gasteiger partial charge in [0, 0.05) is 38.3 Å². The second kappa shape index (κ2) is 11.8. The average molecular weight is 548 g/mol. The van der Waals surface area contributed by atoms with Crippen LogP contribution in [-0.2, 0) is 27.1 Å². The van der Waals surface area contributed by atoms with Gasteiger partial charge in [0.2, 0.25) is 5.91 Å². The molecule has 11 nitrogen and oxygen atoms in total. The standard InChI is InChI=1S/C27H31N7O4.C2H6/c1-27-14-33(25(35)21-4-6-22-20(21)5-7-24(31-22)29-16-30-32-28)9-10-34(27)13-23(38-15-27)18-2-3-19-17(12-18)8-11-37-26(19)36;1-2/h2-3,5,7,12,16,21,23H,4,6,8-11,13-15H2,1H3,(H2,28,29,30,31);1-2H3. The third-order valence-electron chi connectivity index (χ3n) is 8.20. The Hall–Kier alpha value is -3.70. The Kier molecular flexibility index (Phi) is 8.22. The summed E-state index contributed by atoms with van der Waals surface area (Å²) in [5, 5.41) is 6.68. The number of benzene rings is 1. The first-order valence-corrected chi connectivity index (χ1v) is 14.0. The van der Waals surface area contributed by atoms with Crippen LogP contribution in [0.25, 0.3) is 0 Å². The number of fused-ring (bicyclic) bond motifs is 3. The van der Waals surface area contributed by atoms with Crippen LogP contribution >= 0.6 is 0 Å². The number of carbonyl (C=O) groups is 2. The minimum atomic E-state index is -0.252. The normalized spacial score (nSPS) is 26.1. The van der Waals surface area contributed by atoms with E-state index in [0.717, 1.165) is 54.7 Å². The maximum atomic E-state index is 13.7. The monoisotopic (exact) mass is 547 g/mol. The first kappa shape index (κ1) is 27.9. The van der Waals surface area contributed by atoms with Gasteiger partial charge in [0.25, 0.3) is 0 Å². The number of pyridine rings is 1. The number of aromatic nitrogens is 1. The van der Waals surface area contributed by atoms with Gasteiger partial charge in [-0.1, -0.05) is 37.3 Å². The number of nitrogens with two attached hydrogens (primary N) is 1. The summed E-state index contributed by atoms with van der Waals surface area (Å²) in [5.41, 5.74) is 4.41. The van der Waals surface area contributed by atoms with Gasteiger partial charge in [0.05, 0.1) is 36.3 Å². The zero-order chi connectivity index (χ0) is 28.3. The van der Waals surface area contributed by atoms with Crippen molar-refractivity contribution in [1.29, 1.82) is 0 Å². The van der Waals surface area contributed by atoms with Crippen molar-refractivity contribution in [1.82, 2.24) is 14.8 Å². The largest absolute Gasteiger partial charge is 0.462 e. The second-order valence-electron chi connectivity index (χ2n) is 10.6. The highest BCUT2D eigenvalue weighted by atomic mass is 16.5. The Morgan fingerprint density at radius 1 is 1.20 bits per heavy atom. The Labute approximate surface area is 234 Å². The smallest absolute Gasteiger partial charge is 0.338 e. The van der Waals surface area contributed by atoms with Gasteiger partial charge in [-0.25, -0.2) is 14.8 Å². The fraction of sp³-hybridized carbons (Fsp3) is 0.517. The van der Waals surface area contributed by atoms with Gasteiger partial charge in [0.1, 0.15) is 6.34 Å². The predicted octanol–water partition coefficient (Wildman–Crippen LogP) is 3.51. The summed E-state index contributed by atoms with van der Waals surface area (Å²) >= 11 is 0. The molecule has 40 heavy (non-hydrogen) atoms. The van der Waals surface area contributed by atoms with E-state index in [2.05, 4.69) is 38.2 Å². The summed E-state index contributed by atoms with van der Waals surface area (Å²) < 4.78 is 11.5. The van der Waals surface area contributed by atoms with Crippen LogP contribution in [0.5, 0.6) is 0 Å². The molecule has 0 saturated carbocycles. The number of morpholine rings is 1. The number of nitrogens with zero attached hydrogens (tertiary/aromatic N) is 6. The third-order valence-corrected chi connectivity index (χ3v) is 8.20. The highest BCUT2D eigenvalue weighted by Crippen LogP contribution is 2.38. The molecule has 11 heteroatoms. The molecule has 2 aromatic rings. The first-order valence-electron chi connectivity index (χ1n) is 14.0. The highest BCUT2D eigenvalue weighted by Gasteiger charge is 2.45. The van der Waals surface area contributed by atoms with E-state index in [9.17, 15) is 9.59 Å². The van der Waals surface area contributed by atoms with E-state index in [4.69, 9.17) is 15.3 Å². The molecule has 0 bridgehead atoms. The van der Waals surface area contributed by atoms with Gasteiger partial charge in [-0.05, 0) is 48.6 Å². The molecule has 1 aromatic carbocycles. The number of piperazine rings is 1. The molecule has 1 amide bonds. The van der Waals surface area contributed by atoms with Gasteiger partial charge < -0.3 is 20.2 Å². The van der Waals surface area contributed by atoms with Crippen molar-refractivity contribution in [2.45, 2.75) is 57.6 Å². The van der Waals surface area contributed by atoms with Gasteiger partial charge in [0.15, 0.2) is 5.82 Å². The van der Waals surface area contributed by atoms with E-state index in [0.29, 0.717) is 37.7 Å². The lowest BCUT2D eigenvalue weighted by atomic mass is 9.90. The fourth-order valence-electron chi connectivity index (χ4n) is 6.14. The Morgan fingerprint density at radius 3 is 2.88 bits per heavy atom. The summed E-state index contributed by atoms with van der Waals surface area (Å²) in [5.74, 6) is 5.24. The third kappa shape index (κ3) is 5.35. The lowest BCUT2D eigenvalue weighted by Gasteiger charge is -2.53. The number of amides is 1. The van der Waals surface area contributed by atoms with E-state index < -0.39 is 0 Å². The number of carbonyl (C=O) groups excluding carboxylic acids is 2. The molecule has 0 radical (unpaired) electrons. The number of hydrogen-bond donors (Lipinski definition) is 1. The van der Waals surface area contributed by atoms with Crippen LogP contribution in [0, 0.1) is 0 Å². The minimum absolute atomic E-state index is 0.0652. The molecule has 6 rings (SSSR count).